The summed E-state index contributed by atoms with van der Waals surface area (Å²) in [5.74, 6) is 0. The smallest absolute Gasteiger partial charge is 0.258 e. The second-order valence-electron chi connectivity index (χ2n) is 4.00. The van der Waals surface area contributed by atoms with Gasteiger partial charge in [-0.1, -0.05) is 36.4 Å². The molecule has 6 nitrogen and oxygen atoms in total. The molecule has 0 aliphatic carbocycles. The highest BCUT2D eigenvalue weighted by Gasteiger charge is 2.17. The molecule has 6 heteroatoms. The standard InChI is InChI=1S/C14H10N2O4/c17-15(18)13-9-8-12(14(10-13)16(19)20)7-6-11-4-2-1-3-5-11/h1-10H/b7-6-. The zero-order valence-electron chi connectivity index (χ0n) is 10.3. The van der Waals surface area contributed by atoms with Gasteiger partial charge in [0.1, 0.15) is 0 Å². The number of non-ortho nitro benzene ring substituents is 1. The van der Waals surface area contributed by atoms with Crippen molar-refractivity contribution in [3.8, 4) is 0 Å². The maximum Gasteiger partial charge on any atom is 0.283 e. The summed E-state index contributed by atoms with van der Waals surface area (Å²) in [6.07, 6.45) is 3.28. The Kier molecular flexibility index (Phi) is 3.85. The minimum absolute atomic E-state index is 0.286. The molecule has 0 aliphatic rings. The Balaban J connectivity index is 2.39. The molecule has 0 radical (unpaired) electrons. The van der Waals surface area contributed by atoms with Gasteiger partial charge in [-0.05, 0) is 17.7 Å². The van der Waals surface area contributed by atoms with E-state index in [0.29, 0.717) is 5.56 Å². The SMILES string of the molecule is O=[N+]([O-])c1ccc(/C=C\c2ccccc2)c([N+](=O)[O-])c1. The molecule has 20 heavy (non-hydrogen) atoms. The van der Waals surface area contributed by atoms with Gasteiger partial charge in [-0.25, -0.2) is 0 Å². The average Bonchev–Trinajstić information content (AvgIpc) is 2.45. The Bertz CT molecular complexity index is 681. The fraction of sp³-hybridized carbons (Fsp3) is 0. The van der Waals surface area contributed by atoms with Crippen LogP contribution >= 0.6 is 0 Å². The number of nitrogens with zero attached hydrogens (tertiary/aromatic N) is 2. The van der Waals surface area contributed by atoms with E-state index in [1.807, 2.05) is 30.3 Å². The molecule has 0 saturated carbocycles. The van der Waals surface area contributed by atoms with E-state index in [1.54, 1.807) is 12.2 Å². The fourth-order valence-corrected chi connectivity index (χ4v) is 1.69. The van der Waals surface area contributed by atoms with E-state index < -0.39 is 9.85 Å². The van der Waals surface area contributed by atoms with E-state index in [2.05, 4.69) is 0 Å². The van der Waals surface area contributed by atoms with Crippen LogP contribution in [0.15, 0.2) is 48.5 Å². The van der Waals surface area contributed by atoms with Crippen molar-refractivity contribution < 1.29 is 9.85 Å². The van der Waals surface area contributed by atoms with Crippen molar-refractivity contribution in [1.29, 1.82) is 0 Å². The fourth-order valence-electron chi connectivity index (χ4n) is 1.69. The second-order valence-corrected chi connectivity index (χ2v) is 4.00. The number of nitro groups is 2. The van der Waals surface area contributed by atoms with Crippen molar-refractivity contribution in [3.05, 3.63) is 79.9 Å². The van der Waals surface area contributed by atoms with Crippen LogP contribution in [-0.2, 0) is 0 Å². The largest absolute Gasteiger partial charge is 0.283 e. The van der Waals surface area contributed by atoms with Gasteiger partial charge in [0.25, 0.3) is 11.4 Å². The van der Waals surface area contributed by atoms with Crippen LogP contribution in [0, 0.1) is 20.2 Å². The molecule has 0 fully saturated rings. The molecule has 2 aromatic carbocycles. The van der Waals surface area contributed by atoms with E-state index in [9.17, 15) is 20.2 Å². The summed E-state index contributed by atoms with van der Waals surface area (Å²) >= 11 is 0. The van der Waals surface area contributed by atoms with E-state index in [4.69, 9.17) is 0 Å². The first-order valence-electron chi connectivity index (χ1n) is 5.74. The Morgan fingerprint density at radius 3 is 2.15 bits per heavy atom. The summed E-state index contributed by atoms with van der Waals surface area (Å²) in [6.45, 7) is 0. The van der Waals surface area contributed by atoms with Crippen LogP contribution in [0.1, 0.15) is 11.1 Å². The van der Waals surface area contributed by atoms with Crippen molar-refractivity contribution in [2.45, 2.75) is 0 Å². The molecule has 0 saturated heterocycles. The van der Waals surface area contributed by atoms with Crippen molar-refractivity contribution in [1.82, 2.24) is 0 Å². The van der Waals surface area contributed by atoms with Crippen molar-refractivity contribution in [2.24, 2.45) is 0 Å². The van der Waals surface area contributed by atoms with Crippen LogP contribution in [0.5, 0.6) is 0 Å². The Morgan fingerprint density at radius 1 is 0.850 bits per heavy atom. The molecule has 0 N–H and O–H groups in total. The van der Waals surface area contributed by atoms with Crippen LogP contribution in [0.4, 0.5) is 11.4 Å². The highest BCUT2D eigenvalue weighted by molar-refractivity contribution is 5.75. The summed E-state index contributed by atoms with van der Waals surface area (Å²) in [7, 11) is 0. The molecule has 0 amide bonds. The lowest BCUT2D eigenvalue weighted by Crippen LogP contribution is -1.94. The lowest BCUT2D eigenvalue weighted by Gasteiger charge is -1.98. The van der Waals surface area contributed by atoms with E-state index in [0.717, 1.165) is 11.6 Å². The lowest BCUT2D eigenvalue weighted by atomic mass is 10.1. The number of hydrogen-bond donors (Lipinski definition) is 0. The summed E-state index contributed by atoms with van der Waals surface area (Å²) in [4.78, 5) is 20.3. The molecule has 0 aliphatic heterocycles. The van der Waals surface area contributed by atoms with Crippen molar-refractivity contribution in [3.63, 3.8) is 0 Å². The van der Waals surface area contributed by atoms with Crippen LogP contribution < -0.4 is 0 Å². The van der Waals surface area contributed by atoms with Gasteiger partial charge in [0.05, 0.1) is 21.5 Å². The third-order valence-corrected chi connectivity index (χ3v) is 2.68. The molecule has 0 aromatic heterocycles. The zero-order chi connectivity index (χ0) is 14.5. The van der Waals surface area contributed by atoms with Crippen molar-refractivity contribution in [2.75, 3.05) is 0 Å². The Morgan fingerprint density at radius 2 is 1.55 bits per heavy atom. The molecule has 0 bridgehead atoms. The average molecular weight is 270 g/mol. The van der Waals surface area contributed by atoms with Gasteiger partial charge >= 0.3 is 0 Å². The van der Waals surface area contributed by atoms with Gasteiger partial charge in [0.15, 0.2) is 0 Å². The minimum Gasteiger partial charge on any atom is -0.258 e. The highest BCUT2D eigenvalue weighted by atomic mass is 16.6. The summed E-state index contributed by atoms with van der Waals surface area (Å²) in [5.41, 5.74) is 0.629. The molecule has 2 aromatic rings. The van der Waals surface area contributed by atoms with Crippen molar-refractivity contribution >= 4 is 23.5 Å². The maximum atomic E-state index is 11.0. The van der Waals surface area contributed by atoms with Gasteiger partial charge < -0.3 is 0 Å². The highest BCUT2D eigenvalue weighted by Crippen LogP contribution is 2.26. The quantitative estimate of drug-likeness (QED) is 0.481. The molecule has 0 heterocycles. The van der Waals surface area contributed by atoms with E-state index >= 15 is 0 Å². The van der Waals surface area contributed by atoms with E-state index in [1.165, 1.54) is 12.1 Å². The number of benzene rings is 2. The predicted octanol–water partition coefficient (Wildman–Crippen LogP) is 3.67. The van der Waals surface area contributed by atoms with Crippen LogP contribution in [0.2, 0.25) is 0 Å². The van der Waals surface area contributed by atoms with Crippen LogP contribution in [-0.4, -0.2) is 9.85 Å². The number of rotatable bonds is 4. The normalized spacial score (nSPS) is 10.6. The monoisotopic (exact) mass is 270 g/mol. The lowest BCUT2D eigenvalue weighted by molar-refractivity contribution is -0.394. The third-order valence-electron chi connectivity index (χ3n) is 2.68. The number of nitro benzene ring substituents is 2. The topological polar surface area (TPSA) is 86.3 Å². The van der Waals surface area contributed by atoms with Crippen LogP contribution in [0.25, 0.3) is 12.2 Å². The summed E-state index contributed by atoms with van der Waals surface area (Å²) in [6, 6.07) is 12.9. The van der Waals surface area contributed by atoms with Crippen LogP contribution in [0.3, 0.4) is 0 Å². The zero-order valence-corrected chi connectivity index (χ0v) is 10.3. The molecule has 0 unspecified atom stereocenters. The molecule has 0 spiro atoms. The van der Waals surface area contributed by atoms with Gasteiger partial charge in [0.2, 0.25) is 0 Å². The first kappa shape index (κ1) is 13.4. The molecular formula is C14H10N2O4. The second kappa shape index (κ2) is 5.75. The van der Waals surface area contributed by atoms with Gasteiger partial charge in [-0.15, -0.1) is 0 Å². The number of hydrogen-bond acceptors (Lipinski definition) is 4. The predicted molar refractivity (Wildman–Crippen MR) is 75.1 cm³/mol. The molecule has 0 atom stereocenters. The minimum atomic E-state index is -0.655. The summed E-state index contributed by atoms with van der Waals surface area (Å²) in [5, 5.41) is 21.6. The first-order chi connectivity index (χ1) is 9.58. The third kappa shape index (κ3) is 3.05. The van der Waals surface area contributed by atoms with E-state index in [-0.39, 0.29) is 11.4 Å². The Hall–Kier alpha value is -3.02. The maximum absolute atomic E-state index is 11.0. The van der Waals surface area contributed by atoms with Gasteiger partial charge in [0, 0.05) is 6.07 Å². The summed E-state index contributed by atoms with van der Waals surface area (Å²) < 4.78 is 0. The molecule has 2 rings (SSSR count). The Labute approximate surface area is 114 Å². The first-order valence-corrected chi connectivity index (χ1v) is 5.74. The van der Waals surface area contributed by atoms with Gasteiger partial charge in [-0.2, -0.15) is 0 Å². The molecule has 100 valence electrons. The van der Waals surface area contributed by atoms with Gasteiger partial charge in [-0.3, -0.25) is 20.2 Å². The molecular weight excluding hydrogens is 260 g/mol.